The molecule has 0 aliphatic carbocycles. The third kappa shape index (κ3) is 4.22. The Morgan fingerprint density at radius 2 is 1.84 bits per heavy atom. The van der Waals surface area contributed by atoms with Crippen LogP contribution in [0, 0.1) is 0 Å². The minimum atomic E-state index is -0.222. The zero-order chi connectivity index (χ0) is 21.9. The molecule has 0 saturated carbocycles. The van der Waals surface area contributed by atoms with Crippen LogP contribution in [0.2, 0.25) is 0 Å². The van der Waals surface area contributed by atoms with Gasteiger partial charge in [0.2, 0.25) is 0 Å². The molecule has 1 aromatic heterocycles. The predicted molar refractivity (Wildman–Crippen MR) is 129 cm³/mol. The van der Waals surface area contributed by atoms with Crippen molar-refractivity contribution in [2.75, 3.05) is 23.4 Å². The Morgan fingerprint density at radius 1 is 0.969 bits per heavy atom. The average Bonchev–Trinajstić information content (AvgIpc) is 3.37. The maximum atomic E-state index is 12.8. The Balaban J connectivity index is 1.24. The topological polar surface area (TPSA) is 58.6 Å². The number of carbonyl (C=O) groups excluding carboxylic acids is 2. The molecule has 2 heterocycles. The highest BCUT2D eigenvalue weighted by molar-refractivity contribution is 7.12. The number of amides is 2. The molecule has 2 amide bonds. The standard InChI is InChI=1S/C26H22N2O3S/c29-25(17-31-22-11-9-18-5-1-2-6-19(18)16-22)27-21-10-12-23-20(15-21)7-3-13-28(23)26(30)24-8-4-14-32-24/h1-2,4-6,8-12,14-16H,3,7,13,17H2,(H,27,29). The minimum Gasteiger partial charge on any atom is -0.484 e. The lowest BCUT2D eigenvalue weighted by Gasteiger charge is -2.29. The number of nitrogens with one attached hydrogen (secondary N) is 1. The lowest BCUT2D eigenvalue weighted by Crippen LogP contribution is -2.35. The Morgan fingerprint density at radius 3 is 2.69 bits per heavy atom. The van der Waals surface area contributed by atoms with Crippen LogP contribution in [0.5, 0.6) is 5.75 Å². The van der Waals surface area contributed by atoms with Gasteiger partial charge in [-0.1, -0.05) is 36.4 Å². The van der Waals surface area contributed by atoms with Gasteiger partial charge in [0.15, 0.2) is 6.61 Å². The van der Waals surface area contributed by atoms with Crippen molar-refractivity contribution >= 4 is 45.3 Å². The van der Waals surface area contributed by atoms with Gasteiger partial charge in [-0.3, -0.25) is 9.59 Å². The van der Waals surface area contributed by atoms with Crippen LogP contribution in [-0.2, 0) is 11.2 Å². The maximum absolute atomic E-state index is 12.8. The number of rotatable bonds is 5. The van der Waals surface area contributed by atoms with Crippen LogP contribution in [0.4, 0.5) is 11.4 Å². The summed E-state index contributed by atoms with van der Waals surface area (Å²) >= 11 is 1.45. The van der Waals surface area contributed by atoms with Gasteiger partial charge in [0.25, 0.3) is 11.8 Å². The largest absolute Gasteiger partial charge is 0.484 e. The second kappa shape index (κ2) is 8.85. The Bertz CT molecular complexity index is 1280. The molecule has 5 nitrogen and oxygen atoms in total. The zero-order valence-electron chi connectivity index (χ0n) is 17.4. The van der Waals surface area contributed by atoms with Gasteiger partial charge in [-0.2, -0.15) is 0 Å². The van der Waals surface area contributed by atoms with Gasteiger partial charge < -0.3 is 15.0 Å². The van der Waals surface area contributed by atoms with E-state index in [-0.39, 0.29) is 18.4 Å². The molecule has 0 saturated heterocycles. The molecule has 0 atom stereocenters. The first-order valence-electron chi connectivity index (χ1n) is 10.6. The average molecular weight is 443 g/mol. The van der Waals surface area contributed by atoms with Gasteiger partial charge in [0.1, 0.15) is 5.75 Å². The lowest BCUT2D eigenvalue weighted by atomic mass is 10.0. The van der Waals surface area contributed by atoms with Crippen LogP contribution < -0.4 is 15.0 Å². The van der Waals surface area contributed by atoms with Crippen LogP contribution in [0.25, 0.3) is 10.8 Å². The molecule has 0 spiro atoms. The summed E-state index contributed by atoms with van der Waals surface area (Å²) in [5.74, 6) is 0.467. The van der Waals surface area contributed by atoms with Crippen molar-refractivity contribution in [1.29, 1.82) is 0 Å². The highest BCUT2D eigenvalue weighted by Crippen LogP contribution is 2.31. The molecule has 1 aliphatic rings. The second-order valence-electron chi connectivity index (χ2n) is 7.73. The molecule has 6 heteroatoms. The highest BCUT2D eigenvalue weighted by Gasteiger charge is 2.24. The molecule has 160 valence electrons. The van der Waals surface area contributed by atoms with E-state index in [9.17, 15) is 9.59 Å². The van der Waals surface area contributed by atoms with Gasteiger partial charge in [-0.15, -0.1) is 11.3 Å². The Labute approximate surface area is 190 Å². The fraction of sp³-hybridized carbons (Fsp3) is 0.154. The fourth-order valence-electron chi connectivity index (χ4n) is 4.02. The molecule has 4 aromatic rings. The molecule has 32 heavy (non-hydrogen) atoms. The van der Waals surface area contributed by atoms with Crippen molar-refractivity contribution < 1.29 is 14.3 Å². The summed E-state index contributed by atoms with van der Waals surface area (Å²) in [5, 5.41) is 7.02. The van der Waals surface area contributed by atoms with Gasteiger partial charge in [-0.05, 0) is 71.0 Å². The number of aryl methyl sites for hydroxylation is 1. The van der Waals surface area contributed by atoms with Crippen LogP contribution in [0.1, 0.15) is 21.7 Å². The van der Waals surface area contributed by atoms with Crippen molar-refractivity contribution in [3.8, 4) is 5.75 Å². The van der Waals surface area contributed by atoms with E-state index in [1.807, 2.05) is 83.1 Å². The molecule has 5 rings (SSSR count). The Hall–Kier alpha value is -3.64. The number of fused-ring (bicyclic) bond motifs is 2. The van der Waals surface area contributed by atoms with Gasteiger partial charge >= 0.3 is 0 Å². The molecule has 0 radical (unpaired) electrons. The normalized spacial score (nSPS) is 12.9. The van der Waals surface area contributed by atoms with Crippen molar-refractivity contribution in [3.05, 3.63) is 88.6 Å². The van der Waals surface area contributed by atoms with Crippen LogP contribution >= 0.6 is 11.3 Å². The van der Waals surface area contributed by atoms with Crippen LogP contribution in [-0.4, -0.2) is 25.0 Å². The van der Waals surface area contributed by atoms with E-state index in [0.29, 0.717) is 18.0 Å². The summed E-state index contributed by atoms with van der Waals surface area (Å²) in [7, 11) is 0. The first kappa shape index (κ1) is 20.3. The summed E-state index contributed by atoms with van der Waals surface area (Å²) < 4.78 is 5.69. The van der Waals surface area contributed by atoms with Gasteiger partial charge in [0, 0.05) is 17.9 Å². The Kier molecular flexibility index (Phi) is 5.60. The molecular weight excluding hydrogens is 420 g/mol. The first-order valence-corrected chi connectivity index (χ1v) is 11.4. The van der Waals surface area contributed by atoms with E-state index in [2.05, 4.69) is 5.32 Å². The summed E-state index contributed by atoms with van der Waals surface area (Å²) in [4.78, 5) is 27.9. The van der Waals surface area contributed by atoms with Crippen molar-refractivity contribution in [2.45, 2.75) is 12.8 Å². The summed E-state index contributed by atoms with van der Waals surface area (Å²) in [6, 6.07) is 23.3. The number of thiophene rings is 1. The van der Waals surface area contributed by atoms with E-state index >= 15 is 0 Å². The number of hydrogen-bond donors (Lipinski definition) is 1. The quantitative estimate of drug-likeness (QED) is 0.443. The third-order valence-electron chi connectivity index (χ3n) is 5.55. The van der Waals surface area contributed by atoms with Crippen LogP contribution in [0.3, 0.4) is 0 Å². The van der Waals surface area contributed by atoms with Crippen molar-refractivity contribution in [3.63, 3.8) is 0 Å². The number of carbonyl (C=O) groups is 2. The smallest absolute Gasteiger partial charge is 0.268 e. The lowest BCUT2D eigenvalue weighted by molar-refractivity contribution is -0.118. The molecule has 1 aliphatic heterocycles. The highest BCUT2D eigenvalue weighted by atomic mass is 32.1. The van der Waals surface area contributed by atoms with Gasteiger partial charge in [-0.25, -0.2) is 0 Å². The molecule has 1 N–H and O–H groups in total. The fourth-order valence-corrected chi connectivity index (χ4v) is 4.69. The molecular formula is C26H22N2O3S. The summed E-state index contributed by atoms with van der Waals surface area (Å²) in [6.45, 7) is 0.632. The van der Waals surface area contributed by atoms with E-state index < -0.39 is 0 Å². The number of anilines is 2. The van der Waals surface area contributed by atoms with Crippen molar-refractivity contribution in [2.24, 2.45) is 0 Å². The van der Waals surface area contributed by atoms with E-state index in [1.165, 1.54) is 11.3 Å². The molecule has 0 fully saturated rings. The minimum absolute atomic E-state index is 0.0292. The maximum Gasteiger partial charge on any atom is 0.268 e. The number of hydrogen-bond acceptors (Lipinski definition) is 4. The first-order chi connectivity index (χ1) is 15.7. The second-order valence-corrected chi connectivity index (χ2v) is 8.67. The molecule has 3 aromatic carbocycles. The van der Waals surface area contributed by atoms with Gasteiger partial charge in [0.05, 0.1) is 4.88 Å². The summed E-state index contributed by atoms with van der Waals surface area (Å²) in [5.41, 5.74) is 2.69. The van der Waals surface area contributed by atoms with E-state index in [4.69, 9.17) is 4.74 Å². The van der Waals surface area contributed by atoms with E-state index in [0.717, 1.165) is 39.7 Å². The predicted octanol–water partition coefficient (Wildman–Crippen LogP) is 5.51. The third-order valence-corrected chi connectivity index (χ3v) is 6.41. The SMILES string of the molecule is O=C(COc1ccc2ccccc2c1)Nc1ccc2c(c1)CCCN2C(=O)c1cccs1. The number of nitrogens with zero attached hydrogens (tertiary/aromatic N) is 1. The molecule has 0 bridgehead atoms. The van der Waals surface area contributed by atoms with E-state index in [1.54, 1.807) is 0 Å². The number of benzene rings is 3. The summed E-state index contributed by atoms with van der Waals surface area (Å²) in [6.07, 6.45) is 1.77. The number of ether oxygens (including phenoxy) is 1. The van der Waals surface area contributed by atoms with Crippen LogP contribution in [0.15, 0.2) is 78.2 Å². The monoisotopic (exact) mass is 442 g/mol. The van der Waals surface area contributed by atoms with Crippen molar-refractivity contribution in [1.82, 2.24) is 0 Å². The zero-order valence-corrected chi connectivity index (χ0v) is 18.2. The molecule has 0 unspecified atom stereocenters.